The molecule has 0 aliphatic carbocycles. The molecule has 2 N–H and O–H groups in total. The van der Waals surface area contributed by atoms with Gasteiger partial charge in [-0.15, -0.1) is 0 Å². The summed E-state index contributed by atoms with van der Waals surface area (Å²) in [5.74, 6) is -0.935. The predicted molar refractivity (Wildman–Crippen MR) is 45.8 cm³/mol. The average molecular weight is 181 g/mol. The maximum absolute atomic E-state index is 10.8. The Morgan fingerprint density at radius 2 is 2.46 bits per heavy atom. The summed E-state index contributed by atoms with van der Waals surface area (Å²) in [5.41, 5.74) is 1.03. The number of aromatic nitrogens is 2. The lowest BCUT2D eigenvalue weighted by Gasteiger charge is -2.01. The van der Waals surface area contributed by atoms with Crippen LogP contribution in [-0.2, 0) is 13.0 Å². The van der Waals surface area contributed by atoms with Gasteiger partial charge in [-0.2, -0.15) is 0 Å². The van der Waals surface area contributed by atoms with Crippen LogP contribution < -0.4 is 5.32 Å². The van der Waals surface area contributed by atoms with Crippen LogP contribution in [0.4, 0.5) is 0 Å². The second kappa shape index (κ2) is 3.18. The summed E-state index contributed by atoms with van der Waals surface area (Å²) < 4.78 is 1.91. The number of nitrogens with one attached hydrogen (secondary N) is 1. The molecule has 1 aromatic rings. The summed E-state index contributed by atoms with van der Waals surface area (Å²) in [5, 5.41) is 12.0. The maximum atomic E-state index is 10.8. The maximum Gasteiger partial charge on any atom is 0.356 e. The van der Waals surface area contributed by atoms with Crippen molar-refractivity contribution in [2.45, 2.75) is 13.0 Å². The van der Waals surface area contributed by atoms with Gasteiger partial charge in [-0.25, -0.2) is 9.78 Å². The number of nitrogens with zero attached hydrogens (tertiary/aromatic N) is 2. The summed E-state index contributed by atoms with van der Waals surface area (Å²) in [4.78, 5) is 14.6. The zero-order chi connectivity index (χ0) is 9.26. The van der Waals surface area contributed by atoms with Crippen molar-refractivity contribution in [1.82, 2.24) is 14.9 Å². The molecule has 1 aliphatic heterocycles. The van der Waals surface area contributed by atoms with Crippen molar-refractivity contribution in [3.05, 3.63) is 17.7 Å². The van der Waals surface area contributed by atoms with Crippen LogP contribution in [0, 0.1) is 0 Å². The van der Waals surface area contributed by atoms with E-state index >= 15 is 0 Å². The highest BCUT2D eigenvalue weighted by Crippen LogP contribution is 2.09. The van der Waals surface area contributed by atoms with Crippen molar-refractivity contribution in [3.63, 3.8) is 0 Å². The molecule has 0 amide bonds. The first-order valence-corrected chi connectivity index (χ1v) is 4.27. The minimum Gasteiger partial charge on any atom is -0.476 e. The van der Waals surface area contributed by atoms with E-state index in [0.29, 0.717) is 0 Å². The van der Waals surface area contributed by atoms with Crippen LogP contribution in [0.3, 0.4) is 0 Å². The highest BCUT2D eigenvalue weighted by atomic mass is 16.4. The van der Waals surface area contributed by atoms with Crippen molar-refractivity contribution >= 4 is 5.97 Å². The van der Waals surface area contributed by atoms with Crippen molar-refractivity contribution in [2.24, 2.45) is 0 Å². The normalized spacial score (nSPS) is 16.3. The fourth-order valence-corrected chi connectivity index (χ4v) is 1.57. The van der Waals surface area contributed by atoms with Gasteiger partial charge in [0.2, 0.25) is 0 Å². The molecule has 0 atom stereocenters. The summed E-state index contributed by atoms with van der Waals surface area (Å²) >= 11 is 0. The monoisotopic (exact) mass is 181 g/mol. The van der Waals surface area contributed by atoms with Gasteiger partial charge in [0.1, 0.15) is 0 Å². The number of hydrogen-bond acceptors (Lipinski definition) is 3. The minimum atomic E-state index is -0.935. The molecule has 13 heavy (non-hydrogen) atoms. The molecule has 1 aliphatic rings. The van der Waals surface area contributed by atoms with Gasteiger partial charge in [0.15, 0.2) is 5.69 Å². The number of carboxylic acid groups (broad SMARTS) is 1. The van der Waals surface area contributed by atoms with Crippen molar-refractivity contribution in [3.8, 4) is 0 Å². The molecule has 2 rings (SSSR count). The third-order valence-corrected chi connectivity index (χ3v) is 2.22. The van der Waals surface area contributed by atoms with Crippen molar-refractivity contribution in [1.29, 1.82) is 0 Å². The molecule has 1 aromatic heterocycles. The molecule has 0 aromatic carbocycles. The Morgan fingerprint density at radius 3 is 3.23 bits per heavy atom. The number of hydrogen-bond donors (Lipinski definition) is 2. The van der Waals surface area contributed by atoms with Gasteiger partial charge in [-0.05, 0) is 0 Å². The van der Waals surface area contributed by atoms with Crippen LogP contribution in [0.1, 0.15) is 16.2 Å². The van der Waals surface area contributed by atoms with Gasteiger partial charge in [-0.3, -0.25) is 0 Å². The first kappa shape index (κ1) is 8.25. The summed E-state index contributed by atoms with van der Waals surface area (Å²) in [6, 6.07) is 0. The Kier molecular flexibility index (Phi) is 2.02. The van der Waals surface area contributed by atoms with Crippen LogP contribution in [-0.4, -0.2) is 33.7 Å². The third-order valence-electron chi connectivity index (χ3n) is 2.22. The molecule has 5 heteroatoms. The Balaban J connectivity index is 2.39. The first-order valence-electron chi connectivity index (χ1n) is 4.27. The zero-order valence-corrected chi connectivity index (χ0v) is 7.16. The zero-order valence-electron chi connectivity index (χ0n) is 7.16. The van der Waals surface area contributed by atoms with E-state index in [9.17, 15) is 4.79 Å². The largest absolute Gasteiger partial charge is 0.476 e. The smallest absolute Gasteiger partial charge is 0.356 e. The van der Waals surface area contributed by atoms with E-state index in [1.807, 2.05) is 4.57 Å². The molecule has 0 radical (unpaired) electrons. The van der Waals surface area contributed by atoms with E-state index in [2.05, 4.69) is 10.3 Å². The number of aromatic carboxylic acids is 1. The Morgan fingerprint density at radius 1 is 1.62 bits per heavy atom. The van der Waals surface area contributed by atoms with Crippen LogP contribution in [0.5, 0.6) is 0 Å². The molecule has 0 saturated carbocycles. The molecule has 0 unspecified atom stereocenters. The van der Waals surface area contributed by atoms with Gasteiger partial charge in [0.25, 0.3) is 0 Å². The number of carbonyl (C=O) groups is 1. The molecule has 2 heterocycles. The number of rotatable bonds is 1. The summed E-state index contributed by atoms with van der Waals surface area (Å²) in [6.45, 7) is 2.50. The van der Waals surface area contributed by atoms with Crippen LogP contribution in [0.15, 0.2) is 6.33 Å². The number of fused-ring (bicyclic) bond motifs is 1. The number of carboxylic acids is 1. The highest BCUT2D eigenvalue weighted by molar-refractivity contribution is 5.86. The Hall–Kier alpha value is -1.36. The molecule has 0 bridgehead atoms. The predicted octanol–water partition coefficient (Wildman–Crippen LogP) is -0.273. The van der Waals surface area contributed by atoms with E-state index in [-0.39, 0.29) is 5.69 Å². The Bertz CT molecular complexity index is 332. The first-order chi connectivity index (χ1) is 6.29. The molecule has 0 fully saturated rings. The lowest BCUT2D eigenvalue weighted by atomic mass is 10.2. The highest BCUT2D eigenvalue weighted by Gasteiger charge is 2.17. The van der Waals surface area contributed by atoms with Gasteiger partial charge < -0.3 is 15.0 Å². The lowest BCUT2D eigenvalue weighted by molar-refractivity contribution is 0.0689. The minimum absolute atomic E-state index is 0.198. The fourth-order valence-electron chi connectivity index (χ4n) is 1.57. The Labute approximate surface area is 75.4 Å². The lowest BCUT2D eigenvalue weighted by Crippen LogP contribution is -2.17. The molecule has 0 spiro atoms. The molecule has 5 nitrogen and oxygen atoms in total. The van der Waals surface area contributed by atoms with Crippen molar-refractivity contribution < 1.29 is 9.90 Å². The van der Waals surface area contributed by atoms with Gasteiger partial charge in [0, 0.05) is 26.1 Å². The molecular formula is C8H11N3O2. The average Bonchev–Trinajstić information content (AvgIpc) is 2.36. The number of imidazole rings is 1. The topological polar surface area (TPSA) is 67.1 Å². The van der Waals surface area contributed by atoms with E-state index in [1.165, 1.54) is 0 Å². The SMILES string of the molecule is O=C(O)c1ncn2c1CCNCC2. The van der Waals surface area contributed by atoms with Gasteiger partial charge in [0.05, 0.1) is 12.0 Å². The van der Waals surface area contributed by atoms with Gasteiger partial charge >= 0.3 is 5.97 Å². The summed E-state index contributed by atoms with van der Waals surface area (Å²) in [6.07, 6.45) is 2.34. The van der Waals surface area contributed by atoms with Crippen LogP contribution in [0.25, 0.3) is 0 Å². The standard InChI is InChI=1S/C8H11N3O2/c12-8(13)7-6-1-2-9-3-4-11(6)5-10-7/h5,9H,1-4H2,(H,12,13). The van der Waals surface area contributed by atoms with Crippen LogP contribution >= 0.6 is 0 Å². The van der Waals surface area contributed by atoms with Gasteiger partial charge in [-0.1, -0.05) is 0 Å². The molecule has 70 valence electrons. The quantitative estimate of drug-likeness (QED) is 0.625. The fraction of sp³-hybridized carbons (Fsp3) is 0.500. The van der Waals surface area contributed by atoms with E-state index in [4.69, 9.17) is 5.11 Å². The van der Waals surface area contributed by atoms with Crippen molar-refractivity contribution in [2.75, 3.05) is 13.1 Å². The van der Waals surface area contributed by atoms with E-state index < -0.39 is 5.97 Å². The third kappa shape index (κ3) is 1.42. The summed E-state index contributed by atoms with van der Waals surface area (Å²) in [7, 11) is 0. The second-order valence-electron chi connectivity index (χ2n) is 3.04. The van der Waals surface area contributed by atoms with E-state index in [0.717, 1.165) is 31.7 Å². The second-order valence-corrected chi connectivity index (χ2v) is 3.04. The van der Waals surface area contributed by atoms with Crippen LogP contribution in [0.2, 0.25) is 0 Å². The molecular weight excluding hydrogens is 170 g/mol. The molecule has 0 saturated heterocycles. The van der Waals surface area contributed by atoms with E-state index in [1.54, 1.807) is 6.33 Å².